The number of amides is 1. The van der Waals surface area contributed by atoms with Gasteiger partial charge in [-0.2, -0.15) is 0 Å². The highest BCUT2D eigenvalue weighted by molar-refractivity contribution is 5.82. The molecule has 0 aromatic rings. The van der Waals surface area contributed by atoms with Gasteiger partial charge in [-0.05, 0) is 19.9 Å². The maximum absolute atomic E-state index is 11.7. The lowest BCUT2D eigenvalue weighted by Gasteiger charge is -2.36. The van der Waals surface area contributed by atoms with Gasteiger partial charge in [0, 0.05) is 32.8 Å². The second-order valence-corrected chi connectivity index (χ2v) is 4.49. The van der Waals surface area contributed by atoms with Crippen LogP contribution >= 0.6 is 0 Å². The Morgan fingerprint density at radius 2 is 2.50 bits per heavy atom. The smallest absolute Gasteiger partial charge is 0.238 e. The van der Waals surface area contributed by atoms with Crippen LogP contribution in [0.4, 0.5) is 0 Å². The largest absolute Gasteiger partial charge is 0.377 e. The van der Waals surface area contributed by atoms with Gasteiger partial charge in [-0.25, -0.2) is 0 Å². The van der Waals surface area contributed by atoms with Crippen LogP contribution in [-0.2, 0) is 9.53 Å². The summed E-state index contributed by atoms with van der Waals surface area (Å²) >= 11 is 0. The quantitative estimate of drug-likeness (QED) is 0.659. The van der Waals surface area contributed by atoms with Crippen molar-refractivity contribution in [3.05, 3.63) is 0 Å². The van der Waals surface area contributed by atoms with E-state index in [2.05, 4.69) is 15.5 Å². The van der Waals surface area contributed by atoms with E-state index < -0.39 is 0 Å². The Morgan fingerprint density at radius 1 is 1.62 bits per heavy atom. The first-order chi connectivity index (χ1) is 7.81. The van der Waals surface area contributed by atoms with Gasteiger partial charge in [0.25, 0.3) is 0 Å². The van der Waals surface area contributed by atoms with Gasteiger partial charge in [0.15, 0.2) is 0 Å². The minimum Gasteiger partial charge on any atom is -0.377 e. The van der Waals surface area contributed by atoms with Gasteiger partial charge in [-0.15, -0.1) is 0 Å². The van der Waals surface area contributed by atoms with Gasteiger partial charge < -0.3 is 15.4 Å². The summed E-state index contributed by atoms with van der Waals surface area (Å²) in [5.41, 5.74) is 0. The predicted molar refractivity (Wildman–Crippen MR) is 61.3 cm³/mol. The van der Waals surface area contributed by atoms with E-state index in [1.165, 1.54) is 0 Å². The molecule has 0 saturated carbocycles. The van der Waals surface area contributed by atoms with Crippen molar-refractivity contribution in [3.63, 3.8) is 0 Å². The van der Waals surface area contributed by atoms with E-state index in [1.54, 1.807) is 0 Å². The third-order valence-electron chi connectivity index (χ3n) is 3.30. The van der Waals surface area contributed by atoms with Crippen LogP contribution in [0.15, 0.2) is 0 Å². The molecule has 2 heterocycles. The van der Waals surface area contributed by atoms with Crippen LogP contribution in [0.25, 0.3) is 0 Å². The molecule has 2 saturated heterocycles. The Labute approximate surface area is 96.5 Å². The molecule has 2 fully saturated rings. The zero-order valence-corrected chi connectivity index (χ0v) is 9.87. The first-order valence-electron chi connectivity index (χ1n) is 6.09. The highest BCUT2D eigenvalue weighted by Crippen LogP contribution is 2.15. The van der Waals surface area contributed by atoms with Crippen LogP contribution in [0.2, 0.25) is 0 Å². The predicted octanol–water partition coefficient (Wildman–Crippen LogP) is -0.815. The fraction of sp³-hybridized carbons (Fsp3) is 0.909. The summed E-state index contributed by atoms with van der Waals surface area (Å²) in [7, 11) is 1.88. The SMILES string of the molecule is CNCC1C(=O)NCCN1CC1CCCO1. The molecule has 0 radical (unpaired) electrons. The Hall–Kier alpha value is -0.650. The molecule has 0 aliphatic carbocycles. The molecule has 2 aliphatic heterocycles. The van der Waals surface area contributed by atoms with Crippen LogP contribution < -0.4 is 10.6 Å². The van der Waals surface area contributed by atoms with E-state index in [-0.39, 0.29) is 11.9 Å². The summed E-state index contributed by atoms with van der Waals surface area (Å²) in [4.78, 5) is 14.0. The average Bonchev–Trinajstić information content (AvgIpc) is 2.76. The van der Waals surface area contributed by atoms with Crippen LogP contribution in [0.1, 0.15) is 12.8 Å². The van der Waals surface area contributed by atoms with Crippen LogP contribution in [0, 0.1) is 0 Å². The second-order valence-electron chi connectivity index (χ2n) is 4.49. The molecule has 92 valence electrons. The second kappa shape index (κ2) is 5.61. The lowest BCUT2D eigenvalue weighted by molar-refractivity contribution is -0.129. The molecule has 1 amide bonds. The van der Waals surface area contributed by atoms with Crippen molar-refractivity contribution in [2.75, 3.05) is 39.8 Å². The van der Waals surface area contributed by atoms with Crippen molar-refractivity contribution in [2.24, 2.45) is 0 Å². The summed E-state index contributed by atoms with van der Waals surface area (Å²) in [6.07, 6.45) is 2.61. The molecular formula is C11H21N3O2. The Balaban J connectivity index is 1.90. The summed E-state index contributed by atoms with van der Waals surface area (Å²) in [5.74, 6) is 0.138. The topological polar surface area (TPSA) is 53.6 Å². The fourth-order valence-electron chi connectivity index (χ4n) is 2.45. The number of hydrogen-bond donors (Lipinski definition) is 2. The van der Waals surface area contributed by atoms with E-state index in [9.17, 15) is 4.79 Å². The number of likely N-dealkylation sites (N-methyl/N-ethyl adjacent to an activating group) is 1. The maximum Gasteiger partial charge on any atom is 0.238 e. The zero-order chi connectivity index (χ0) is 11.4. The summed E-state index contributed by atoms with van der Waals surface area (Å²) < 4.78 is 5.62. The minimum atomic E-state index is -0.0389. The monoisotopic (exact) mass is 227 g/mol. The minimum absolute atomic E-state index is 0.0389. The van der Waals surface area contributed by atoms with Gasteiger partial charge in [-0.3, -0.25) is 9.69 Å². The standard InChI is InChI=1S/C11H21N3O2/c1-12-7-10-11(15)13-4-5-14(10)8-9-3-2-6-16-9/h9-10,12H,2-8H2,1H3,(H,13,15). The fourth-order valence-corrected chi connectivity index (χ4v) is 2.45. The van der Waals surface area contributed by atoms with E-state index in [1.807, 2.05) is 7.05 Å². The number of hydrogen-bond acceptors (Lipinski definition) is 4. The summed E-state index contributed by atoms with van der Waals surface area (Å²) in [6, 6.07) is -0.0389. The third-order valence-corrected chi connectivity index (χ3v) is 3.30. The molecular weight excluding hydrogens is 206 g/mol. The average molecular weight is 227 g/mol. The molecule has 0 spiro atoms. The molecule has 16 heavy (non-hydrogen) atoms. The zero-order valence-electron chi connectivity index (χ0n) is 9.87. The van der Waals surface area contributed by atoms with Crippen molar-refractivity contribution in [2.45, 2.75) is 25.0 Å². The molecule has 0 bridgehead atoms. The van der Waals surface area contributed by atoms with Gasteiger partial charge in [-0.1, -0.05) is 0 Å². The third kappa shape index (κ3) is 2.72. The summed E-state index contributed by atoms with van der Waals surface area (Å²) in [6.45, 7) is 4.16. The van der Waals surface area contributed by atoms with E-state index in [0.29, 0.717) is 12.6 Å². The molecule has 5 heteroatoms. The Morgan fingerprint density at radius 3 is 3.19 bits per heavy atom. The van der Waals surface area contributed by atoms with E-state index >= 15 is 0 Å². The van der Waals surface area contributed by atoms with Crippen LogP contribution in [0.3, 0.4) is 0 Å². The van der Waals surface area contributed by atoms with Gasteiger partial charge in [0.1, 0.15) is 6.04 Å². The van der Waals surface area contributed by atoms with Crippen LogP contribution in [-0.4, -0.2) is 62.8 Å². The Bertz CT molecular complexity index is 241. The molecule has 2 rings (SSSR count). The number of ether oxygens (including phenoxy) is 1. The normalized spacial score (nSPS) is 31.7. The molecule has 0 aromatic carbocycles. The van der Waals surface area contributed by atoms with Gasteiger partial charge >= 0.3 is 0 Å². The van der Waals surface area contributed by atoms with Crippen molar-refractivity contribution >= 4 is 5.91 Å². The summed E-state index contributed by atoms with van der Waals surface area (Å²) in [5, 5.41) is 5.99. The van der Waals surface area contributed by atoms with E-state index in [4.69, 9.17) is 4.74 Å². The van der Waals surface area contributed by atoms with E-state index in [0.717, 1.165) is 39.1 Å². The number of nitrogens with zero attached hydrogens (tertiary/aromatic N) is 1. The molecule has 2 unspecified atom stereocenters. The number of carbonyl (C=O) groups excluding carboxylic acids is 1. The molecule has 2 atom stereocenters. The Kier molecular flexibility index (Phi) is 4.15. The first-order valence-corrected chi connectivity index (χ1v) is 6.09. The molecule has 0 aromatic heterocycles. The molecule has 2 aliphatic rings. The highest BCUT2D eigenvalue weighted by Gasteiger charge is 2.31. The maximum atomic E-state index is 11.7. The molecule has 2 N–H and O–H groups in total. The van der Waals surface area contributed by atoms with Crippen molar-refractivity contribution in [1.82, 2.24) is 15.5 Å². The van der Waals surface area contributed by atoms with Crippen molar-refractivity contribution < 1.29 is 9.53 Å². The highest BCUT2D eigenvalue weighted by atomic mass is 16.5. The van der Waals surface area contributed by atoms with Crippen molar-refractivity contribution in [3.8, 4) is 0 Å². The lowest BCUT2D eigenvalue weighted by Crippen LogP contribution is -2.59. The number of nitrogens with one attached hydrogen (secondary N) is 2. The number of piperazine rings is 1. The molecule has 5 nitrogen and oxygen atoms in total. The number of rotatable bonds is 4. The number of carbonyl (C=O) groups is 1. The lowest BCUT2D eigenvalue weighted by atomic mass is 10.1. The van der Waals surface area contributed by atoms with Crippen molar-refractivity contribution in [1.29, 1.82) is 0 Å². The van der Waals surface area contributed by atoms with Crippen LogP contribution in [0.5, 0.6) is 0 Å². The van der Waals surface area contributed by atoms with Gasteiger partial charge in [0.05, 0.1) is 6.10 Å². The first kappa shape index (κ1) is 11.8. The van der Waals surface area contributed by atoms with Gasteiger partial charge in [0.2, 0.25) is 5.91 Å².